The summed E-state index contributed by atoms with van der Waals surface area (Å²) in [6.45, 7) is 5.78. The fraction of sp³-hybridized carbons (Fsp3) is 0.316. The highest BCUT2D eigenvalue weighted by Gasteiger charge is 2.32. The highest BCUT2D eigenvalue weighted by molar-refractivity contribution is 7.91. The van der Waals surface area contributed by atoms with Gasteiger partial charge in [0.15, 0.2) is 0 Å². The SMILES string of the molecule is Cc1ccc(CS(=O)(=O)Nc2ccc3c(c2)NC(=O)C(C)(C)CO3)cc1. The van der Waals surface area contributed by atoms with E-state index in [1.165, 1.54) is 0 Å². The van der Waals surface area contributed by atoms with Crippen LogP contribution in [0.4, 0.5) is 11.4 Å². The van der Waals surface area contributed by atoms with Crippen molar-refractivity contribution in [2.45, 2.75) is 26.5 Å². The minimum Gasteiger partial charge on any atom is -0.490 e. The molecule has 2 N–H and O–H groups in total. The van der Waals surface area contributed by atoms with Gasteiger partial charge in [0.1, 0.15) is 12.4 Å². The number of anilines is 2. The molecule has 0 saturated heterocycles. The lowest BCUT2D eigenvalue weighted by molar-refractivity contribution is -0.124. The van der Waals surface area contributed by atoms with Crippen LogP contribution in [0, 0.1) is 12.3 Å². The zero-order chi connectivity index (χ0) is 18.9. The average Bonchev–Trinajstić information content (AvgIpc) is 2.66. The summed E-state index contributed by atoms with van der Waals surface area (Å²) < 4.78 is 33.1. The lowest BCUT2D eigenvalue weighted by atomic mass is 9.94. The standard InChI is InChI=1S/C19H22N2O4S/c1-13-4-6-14(7-5-13)11-26(23,24)21-15-8-9-17-16(10-15)20-18(22)19(2,3)12-25-17/h4-10,21H,11-12H2,1-3H3,(H,20,22). The van der Waals surface area contributed by atoms with Crippen molar-refractivity contribution in [3.05, 3.63) is 53.6 Å². The van der Waals surface area contributed by atoms with Crippen molar-refractivity contribution in [2.75, 3.05) is 16.6 Å². The summed E-state index contributed by atoms with van der Waals surface area (Å²) in [5.74, 6) is 0.224. The highest BCUT2D eigenvalue weighted by Crippen LogP contribution is 2.34. The second-order valence-corrected chi connectivity index (χ2v) is 8.91. The van der Waals surface area contributed by atoms with Crippen molar-refractivity contribution in [1.82, 2.24) is 0 Å². The molecular weight excluding hydrogens is 352 g/mol. The Kier molecular flexibility index (Phi) is 4.66. The molecule has 1 amide bonds. The third-order valence-corrected chi connectivity index (χ3v) is 5.44. The van der Waals surface area contributed by atoms with Crippen molar-refractivity contribution in [1.29, 1.82) is 0 Å². The largest absolute Gasteiger partial charge is 0.490 e. The molecule has 0 fully saturated rings. The molecule has 1 aliphatic rings. The fourth-order valence-electron chi connectivity index (χ4n) is 2.55. The molecule has 1 aliphatic heterocycles. The summed E-state index contributed by atoms with van der Waals surface area (Å²) >= 11 is 0. The van der Waals surface area contributed by atoms with Crippen molar-refractivity contribution < 1.29 is 17.9 Å². The van der Waals surface area contributed by atoms with E-state index in [4.69, 9.17) is 4.74 Å². The topological polar surface area (TPSA) is 84.5 Å². The number of fused-ring (bicyclic) bond motifs is 1. The number of hydrogen-bond donors (Lipinski definition) is 2. The number of carbonyl (C=O) groups excluding carboxylic acids is 1. The van der Waals surface area contributed by atoms with Crippen LogP contribution in [-0.2, 0) is 20.6 Å². The summed E-state index contributed by atoms with van der Waals surface area (Å²) in [4.78, 5) is 12.2. The van der Waals surface area contributed by atoms with E-state index in [0.717, 1.165) is 5.56 Å². The maximum Gasteiger partial charge on any atom is 0.236 e. The maximum atomic E-state index is 12.4. The molecule has 0 atom stereocenters. The lowest BCUT2D eigenvalue weighted by Crippen LogP contribution is -2.33. The molecule has 0 unspecified atom stereocenters. The zero-order valence-corrected chi connectivity index (χ0v) is 15.8. The first kappa shape index (κ1) is 18.3. The molecule has 0 aliphatic carbocycles. The predicted molar refractivity (Wildman–Crippen MR) is 102 cm³/mol. The van der Waals surface area contributed by atoms with Gasteiger partial charge in [0.25, 0.3) is 0 Å². The summed E-state index contributed by atoms with van der Waals surface area (Å²) in [5, 5.41) is 2.80. The number of amides is 1. The highest BCUT2D eigenvalue weighted by atomic mass is 32.2. The number of hydrogen-bond acceptors (Lipinski definition) is 4. The third-order valence-electron chi connectivity index (χ3n) is 4.18. The average molecular weight is 374 g/mol. The Morgan fingerprint density at radius 1 is 1.15 bits per heavy atom. The van der Waals surface area contributed by atoms with Gasteiger partial charge in [-0.3, -0.25) is 9.52 Å². The molecule has 2 aromatic rings. The summed E-state index contributed by atoms with van der Waals surface area (Å²) in [7, 11) is -3.58. The molecular formula is C19H22N2O4S. The number of sulfonamides is 1. The molecule has 6 nitrogen and oxygen atoms in total. The Morgan fingerprint density at radius 3 is 2.54 bits per heavy atom. The molecule has 0 saturated carbocycles. The van der Waals surface area contributed by atoms with Gasteiger partial charge < -0.3 is 10.1 Å². The number of ether oxygens (including phenoxy) is 1. The van der Waals surface area contributed by atoms with Gasteiger partial charge in [0.05, 0.1) is 22.5 Å². The minimum atomic E-state index is -3.58. The zero-order valence-electron chi connectivity index (χ0n) is 15.0. The summed E-state index contributed by atoms with van der Waals surface area (Å²) in [6.07, 6.45) is 0. The van der Waals surface area contributed by atoms with E-state index < -0.39 is 15.4 Å². The second kappa shape index (κ2) is 6.64. The number of carbonyl (C=O) groups is 1. The molecule has 2 aromatic carbocycles. The van der Waals surface area contributed by atoms with E-state index in [1.807, 2.05) is 19.1 Å². The minimum absolute atomic E-state index is 0.125. The predicted octanol–water partition coefficient (Wildman–Crippen LogP) is 3.29. The van der Waals surface area contributed by atoms with Gasteiger partial charge in [-0.25, -0.2) is 8.42 Å². The van der Waals surface area contributed by atoms with Gasteiger partial charge in [-0.1, -0.05) is 29.8 Å². The lowest BCUT2D eigenvalue weighted by Gasteiger charge is -2.18. The van der Waals surface area contributed by atoms with Gasteiger partial charge in [-0.2, -0.15) is 0 Å². The van der Waals surface area contributed by atoms with Gasteiger partial charge >= 0.3 is 0 Å². The van der Waals surface area contributed by atoms with Crippen LogP contribution in [0.5, 0.6) is 5.75 Å². The quantitative estimate of drug-likeness (QED) is 0.860. The molecule has 0 spiro atoms. The third kappa shape index (κ3) is 4.16. The molecule has 1 heterocycles. The first-order valence-corrected chi connectivity index (χ1v) is 9.94. The second-order valence-electron chi connectivity index (χ2n) is 7.18. The molecule has 138 valence electrons. The van der Waals surface area contributed by atoms with E-state index in [0.29, 0.717) is 22.7 Å². The van der Waals surface area contributed by atoms with Crippen LogP contribution in [-0.4, -0.2) is 20.9 Å². The Bertz CT molecular complexity index is 935. The maximum absolute atomic E-state index is 12.4. The van der Waals surface area contributed by atoms with Crippen LogP contribution in [0.1, 0.15) is 25.0 Å². The van der Waals surface area contributed by atoms with Gasteiger partial charge in [-0.15, -0.1) is 0 Å². The molecule has 0 radical (unpaired) electrons. The first-order valence-electron chi connectivity index (χ1n) is 8.29. The molecule has 0 bridgehead atoms. The van der Waals surface area contributed by atoms with E-state index in [9.17, 15) is 13.2 Å². The normalized spacial score (nSPS) is 16.0. The Hall–Kier alpha value is -2.54. The summed E-state index contributed by atoms with van der Waals surface area (Å²) in [6, 6.07) is 12.2. The number of benzene rings is 2. The van der Waals surface area contributed by atoms with E-state index >= 15 is 0 Å². The van der Waals surface area contributed by atoms with Crippen molar-refractivity contribution in [3.8, 4) is 5.75 Å². The number of nitrogens with one attached hydrogen (secondary N) is 2. The fourth-order valence-corrected chi connectivity index (χ4v) is 3.74. The molecule has 26 heavy (non-hydrogen) atoms. The van der Waals surface area contributed by atoms with Gasteiger partial charge in [0, 0.05) is 0 Å². The Labute approximate surface area is 153 Å². The van der Waals surface area contributed by atoms with Crippen LogP contribution in [0.3, 0.4) is 0 Å². The van der Waals surface area contributed by atoms with E-state index in [-0.39, 0.29) is 18.3 Å². The van der Waals surface area contributed by atoms with Crippen LogP contribution in [0.25, 0.3) is 0 Å². The van der Waals surface area contributed by atoms with Crippen molar-refractivity contribution in [3.63, 3.8) is 0 Å². The van der Waals surface area contributed by atoms with Crippen LogP contribution in [0.2, 0.25) is 0 Å². The van der Waals surface area contributed by atoms with Crippen molar-refractivity contribution >= 4 is 27.3 Å². The van der Waals surface area contributed by atoms with Crippen LogP contribution >= 0.6 is 0 Å². The first-order chi connectivity index (χ1) is 12.1. The van der Waals surface area contributed by atoms with Crippen molar-refractivity contribution in [2.24, 2.45) is 5.41 Å². The van der Waals surface area contributed by atoms with E-state index in [1.54, 1.807) is 44.2 Å². The van der Waals surface area contributed by atoms with Gasteiger partial charge in [-0.05, 0) is 44.5 Å². The number of rotatable bonds is 4. The molecule has 3 rings (SSSR count). The smallest absolute Gasteiger partial charge is 0.236 e. The van der Waals surface area contributed by atoms with Gasteiger partial charge in [0.2, 0.25) is 15.9 Å². The van der Waals surface area contributed by atoms with Crippen LogP contribution < -0.4 is 14.8 Å². The van der Waals surface area contributed by atoms with E-state index in [2.05, 4.69) is 10.0 Å². The molecule has 0 aromatic heterocycles. The monoisotopic (exact) mass is 374 g/mol. The number of aryl methyl sites for hydroxylation is 1. The summed E-state index contributed by atoms with van der Waals surface area (Å²) in [5.41, 5.74) is 1.94. The Morgan fingerprint density at radius 2 is 1.85 bits per heavy atom. The van der Waals surface area contributed by atoms with Crippen LogP contribution in [0.15, 0.2) is 42.5 Å². The Balaban J connectivity index is 1.78. The molecule has 7 heteroatoms.